The molecule has 2 aromatic carbocycles. The molecule has 0 aliphatic carbocycles. The fourth-order valence-corrected chi connectivity index (χ4v) is 9.48. The van der Waals surface area contributed by atoms with Crippen LogP contribution < -0.4 is 15.6 Å². The number of sulfonamides is 2. The number of nitrogens with two attached hydrogens (primary N) is 2. The Morgan fingerprint density at radius 2 is 1.81 bits per heavy atom. The van der Waals surface area contributed by atoms with Crippen molar-refractivity contribution < 1.29 is 25.9 Å². The number of nitrogens with one attached hydrogen (secondary N) is 2. The van der Waals surface area contributed by atoms with Gasteiger partial charge in [-0.2, -0.15) is 10.6 Å². The van der Waals surface area contributed by atoms with Crippen molar-refractivity contribution in [2.45, 2.75) is 28.7 Å². The van der Waals surface area contributed by atoms with E-state index in [1.54, 1.807) is 18.2 Å². The Balaban J connectivity index is 1.73. The molecular weight excluding hydrogens is 565 g/mol. The lowest BCUT2D eigenvalue weighted by atomic mass is 9.98. The molecule has 0 spiro atoms. The molecule has 0 bridgehead atoms. The molecule has 1 aliphatic heterocycles. The molecule has 37 heavy (non-hydrogen) atoms. The molecule has 198 valence electrons. The van der Waals surface area contributed by atoms with E-state index < -0.39 is 46.5 Å². The number of H-pyrrole nitrogens is 1. The monoisotopic (exact) mass is 586 g/mol. The van der Waals surface area contributed by atoms with E-state index in [9.17, 15) is 25.9 Å². The van der Waals surface area contributed by atoms with Gasteiger partial charge < -0.3 is 5.73 Å². The third kappa shape index (κ3) is 5.06. The topological polar surface area (TPSA) is 240 Å². The maximum absolute atomic E-state index is 13.5. The van der Waals surface area contributed by atoms with E-state index in [1.165, 1.54) is 17.4 Å². The molecule has 0 saturated carbocycles. The normalized spacial score (nSPS) is 17.7. The average Bonchev–Trinajstić information content (AvgIpc) is 3.47. The number of aromatic nitrogens is 5. The predicted molar refractivity (Wildman–Crippen MR) is 140 cm³/mol. The zero-order valence-corrected chi connectivity index (χ0v) is 22.2. The largest absolute Gasteiger partial charge is 0.375 e. The van der Waals surface area contributed by atoms with Crippen LogP contribution in [0.5, 0.6) is 0 Å². The lowest BCUT2D eigenvalue weighted by Gasteiger charge is -2.39. The summed E-state index contributed by atoms with van der Waals surface area (Å²) in [5.74, 6) is -0.0451. The van der Waals surface area contributed by atoms with Gasteiger partial charge in [0.1, 0.15) is 9.79 Å². The minimum atomic E-state index is -4.66. The van der Waals surface area contributed by atoms with Crippen molar-refractivity contribution >= 4 is 57.3 Å². The van der Waals surface area contributed by atoms with Crippen LogP contribution in [0.1, 0.15) is 12.8 Å². The molecule has 1 aliphatic rings. The molecular formula is C19H22N8O6S4. The van der Waals surface area contributed by atoms with Crippen LogP contribution in [0, 0.1) is 0 Å². The highest BCUT2D eigenvalue weighted by Crippen LogP contribution is 2.45. The quantitative estimate of drug-likeness (QED) is 0.189. The minimum Gasteiger partial charge on any atom is -0.375 e. The molecule has 1 fully saturated rings. The summed E-state index contributed by atoms with van der Waals surface area (Å²) < 4.78 is 75.8. The Hall–Kier alpha value is -2.71. The van der Waals surface area contributed by atoms with E-state index in [1.807, 2.05) is 0 Å². The second-order valence-electron chi connectivity index (χ2n) is 8.42. The van der Waals surface area contributed by atoms with Crippen molar-refractivity contribution in [1.29, 1.82) is 0 Å². The molecule has 18 heteroatoms. The molecule has 3 heterocycles. The van der Waals surface area contributed by atoms with Crippen molar-refractivity contribution in [2.24, 2.45) is 5.14 Å². The first-order chi connectivity index (χ1) is 17.4. The number of nitrogens with zero attached hydrogens (tertiary/aromatic N) is 4. The Morgan fingerprint density at radius 1 is 1.08 bits per heavy atom. The highest BCUT2D eigenvalue weighted by Gasteiger charge is 2.34. The van der Waals surface area contributed by atoms with Gasteiger partial charge in [-0.25, -0.2) is 36.8 Å². The van der Waals surface area contributed by atoms with E-state index in [4.69, 9.17) is 10.9 Å². The van der Waals surface area contributed by atoms with Crippen LogP contribution in [0.3, 0.4) is 0 Å². The zero-order chi connectivity index (χ0) is 26.6. The fraction of sp³-hybridized carbons (Fsp3) is 0.263. The number of fused-ring (bicyclic) bond motifs is 1. The third-order valence-electron chi connectivity index (χ3n) is 5.91. The molecule has 2 aromatic heterocycles. The molecule has 4 aromatic rings. The number of tetrazole rings is 1. The number of primary sulfonamides is 1. The summed E-state index contributed by atoms with van der Waals surface area (Å²) in [6.45, 7) is 0. The second-order valence-corrected chi connectivity index (χ2v) is 15.1. The van der Waals surface area contributed by atoms with E-state index in [0.29, 0.717) is 16.2 Å². The first-order valence-corrected chi connectivity index (χ1v) is 16.4. The van der Waals surface area contributed by atoms with E-state index in [0.717, 1.165) is 10.8 Å². The third-order valence-corrected chi connectivity index (χ3v) is 11.2. The lowest BCUT2D eigenvalue weighted by molar-refractivity contribution is 0.444. The van der Waals surface area contributed by atoms with Crippen molar-refractivity contribution in [3.05, 3.63) is 30.3 Å². The van der Waals surface area contributed by atoms with Crippen molar-refractivity contribution in [3.63, 3.8) is 0 Å². The van der Waals surface area contributed by atoms with Gasteiger partial charge in [0, 0.05) is 23.1 Å². The number of nitrogen functional groups attached to an aromatic ring is 1. The van der Waals surface area contributed by atoms with Crippen LogP contribution in [0.25, 0.3) is 32.7 Å². The summed E-state index contributed by atoms with van der Waals surface area (Å²) in [6.07, 6.45) is 0.354. The summed E-state index contributed by atoms with van der Waals surface area (Å²) in [5.41, 5.74) is 6.96. The van der Waals surface area contributed by atoms with Gasteiger partial charge in [0.15, 0.2) is 11.0 Å². The molecule has 0 radical (unpaired) electrons. The smallest absolute Gasteiger partial charge is 0.242 e. The fourth-order valence-electron chi connectivity index (χ4n) is 4.27. The van der Waals surface area contributed by atoms with Crippen molar-refractivity contribution in [3.8, 4) is 22.5 Å². The zero-order valence-electron chi connectivity index (χ0n) is 18.9. The molecule has 14 nitrogen and oxygen atoms in total. The Morgan fingerprint density at radius 3 is 2.46 bits per heavy atom. The minimum absolute atomic E-state index is 0.0386. The van der Waals surface area contributed by atoms with Crippen LogP contribution in [0.4, 0.5) is 5.13 Å². The van der Waals surface area contributed by atoms with Gasteiger partial charge in [-0.15, -0.1) is 5.10 Å². The van der Waals surface area contributed by atoms with E-state index >= 15 is 0 Å². The predicted octanol–water partition coefficient (Wildman–Crippen LogP) is 1.56. The second kappa shape index (κ2) is 9.24. The van der Waals surface area contributed by atoms with Crippen molar-refractivity contribution in [2.75, 3.05) is 17.2 Å². The number of rotatable bonds is 6. The highest BCUT2D eigenvalue weighted by molar-refractivity contribution is 8.24. The van der Waals surface area contributed by atoms with Gasteiger partial charge in [0.25, 0.3) is 0 Å². The maximum Gasteiger partial charge on any atom is 0.242 e. The van der Waals surface area contributed by atoms with Crippen molar-refractivity contribution in [1.82, 2.24) is 30.3 Å². The molecule has 0 amide bonds. The molecule has 8 N–H and O–H groups in total. The summed E-state index contributed by atoms with van der Waals surface area (Å²) >= 11 is 1.24. The van der Waals surface area contributed by atoms with Crippen LogP contribution in [-0.2, 0) is 20.0 Å². The summed E-state index contributed by atoms with van der Waals surface area (Å²) in [6, 6.07) is 7.17. The summed E-state index contributed by atoms with van der Waals surface area (Å²) in [5, 5.41) is 19.3. The Bertz CT molecular complexity index is 1690. The first-order valence-electron chi connectivity index (χ1n) is 10.7. The SMILES string of the molecule is Nc1nc2c(-c3ccc(S(=O)(=O)NC4CCS(O)(O)CC4)c(S(N)(=O)=O)c3-c3nnn[nH]3)cccc2s1. The first kappa shape index (κ1) is 25.9. The summed E-state index contributed by atoms with van der Waals surface area (Å²) in [4.78, 5) is 3.06. The van der Waals surface area contributed by atoms with Crippen LogP contribution in [-0.4, -0.2) is 69.1 Å². The molecule has 0 atom stereocenters. The van der Waals surface area contributed by atoms with Gasteiger partial charge in [-0.05, 0) is 41.0 Å². The van der Waals surface area contributed by atoms with Crippen LogP contribution in [0.15, 0.2) is 40.1 Å². The number of aromatic amines is 1. The van der Waals surface area contributed by atoms with E-state index in [-0.39, 0.29) is 41.3 Å². The number of hydrogen-bond donors (Lipinski definition) is 6. The van der Waals surface area contributed by atoms with Gasteiger partial charge in [-0.1, -0.05) is 29.5 Å². The number of benzene rings is 2. The molecule has 0 unspecified atom stereocenters. The van der Waals surface area contributed by atoms with Gasteiger partial charge in [0.2, 0.25) is 20.0 Å². The van der Waals surface area contributed by atoms with Crippen LogP contribution in [0.2, 0.25) is 0 Å². The number of thiazole rings is 1. The van der Waals surface area contributed by atoms with E-state index in [2.05, 4.69) is 30.3 Å². The number of para-hydroxylation sites is 1. The highest BCUT2D eigenvalue weighted by atomic mass is 32.3. The number of anilines is 1. The lowest BCUT2D eigenvalue weighted by Crippen LogP contribution is -2.40. The molecule has 5 rings (SSSR count). The summed E-state index contributed by atoms with van der Waals surface area (Å²) in [7, 11) is -11.9. The maximum atomic E-state index is 13.5. The van der Waals surface area contributed by atoms with Gasteiger partial charge in [-0.3, -0.25) is 9.11 Å². The van der Waals surface area contributed by atoms with Gasteiger partial charge >= 0.3 is 0 Å². The van der Waals surface area contributed by atoms with Gasteiger partial charge in [0.05, 0.1) is 15.8 Å². The molecule has 1 saturated heterocycles. The van der Waals surface area contributed by atoms with Crippen LogP contribution >= 0.6 is 21.9 Å². The Labute approximate surface area is 216 Å². The average molecular weight is 587 g/mol. The number of hydrogen-bond acceptors (Lipinski definition) is 12. The Kier molecular flexibility index (Phi) is 6.47. The standard InChI is InChI=1S/C19H22N8O6S4/c20-19-22-16-12(2-1-3-13(16)34-19)11-4-5-14(17(36(21,30)31)15(11)18-23-26-27-24-18)37(32,33)25-10-6-8-35(28,29)9-7-10/h1-5,10,25,28-29H,6-9H2,(H2,20,22)(H2,21,30,31)(H,23,24,26,27).